The molecule has 1 N–H and O–H groups in total. The van der Waals surface area contributed by atoms with Crippen LogP contribution in [-0.4, -0.2) is 41.4 Å². The summed E-state index contributed by atoms with van der Waals surface area (Å²) in [7, 11) is 0. The third-order valence-electron chi connectivity index (χ3n) is 5.60. The molecule has 0 bridgehead atoms. The molecule has 1 aromatic heterocycles. The van der Waals surface area contributed by atoms with Crippen LogP contribution in [0, 0.1) is 11.7 Å². The number of hydrogen-bond acceptors (Lipinski definition) is 6. The third-order valence-corrected chi connectivity index (χ3v) is 5.60. The molecule has 7 nitrogen and oxygen atoms in total. The van der Waals surface area contributed by atoms with E-state index in [0.29, 0.717) is 18.3 Å². The normalized spacial score (nSPS) is 14.8. The molecule has 2 heterocycles. The molecule has 0 spiro atoms. The first-order chi connectivity index (χ1) is 15.7. The Morgan fingerprint density at radius 3 is 2.52 bits per heavy atom. The van der Waals surface area contributed by atoms with Crippen molar-refractivity contribution in [3.8, 4) is 5.75 Å². The van der Waals surface area contributed by atoms with Gasteiger partial charge in [0.05, 0.1) is 12.3 Å². The summed E-state index contributed by atoms with van der Waals surface area (Å²) < 4.78 is 25.2. The zero-order chi connectivity index (χ0) is 23.8. The number of halogens is 1. The highest BCUT2D eigenvalue weighted by atomic mass is 19.1. The van der Waals surface area contributed by atoms with E-state index in [2.05, 4.69) is 27.1 Å². The van der Waals surface area contributed by atoms with Gasteiger partial charge in [-0.15, -0.1) is 0 Å². The lowest BCUT2D eigenvalue weighted by Gasteiger charge is -2.32. The van der Waals surface area contributed by atoms with E-state index in [-0.39, 0.29) is 5.69 Å². The van der Waals surface area contributed by atoms with E-state index < -0.39 is 17.5 Å². The molecule has 1 aliphatic rings. The summed E-state index contributed by atoms with van der Waals surface area (Å²) in [4.78, 5) is 23.0. The number of aryl methyl sites for hydroxylation is 1. The average molecular weight is 459 g/mol. The van der Waals surface area contributed by atoms with Gasteiger partial charge in [0.15, 0.2) is 5.82 Å². The molecule has 8 heteroatoms. The molecule has 1 aromatic carbocycles. The Balaban J connectivity index is 1.36. The molecule has 1 aliphatic heterocycles. The summed E-state index contributed by atoms with van der Waals surface area (Å²) in [5.41, 5.74) is 0.577. The van der Waals surface area contributed by atoms with Gasteiger partial charge in [0.25, 0.3) is 0 Å². The Kier molecular flexibility index (Phi) is 8.47. The summed E-state index contributed by atoms with van der Waals surface area (Å²) in [5.74, 6) is 1.36. The highest BCUT2D eigenvalue weighted by Crippen LogP contribution is 2.25. The molecule has 3 rings (SSSR count). The molecule has 1 amide bonds. The largest absolute Gasteiger partial charge is 0.493 e. The summed E-state index contributed by atoms with van der Waals surface area (Å²) in [6.07, 6.45) is 8.28. The number of piperidine rings is 1. The van der Waals surface area contributed by atoms with Gasteiger partial charge in [0.1, 0.15) is 11.4 Å². The molecule has 1 saturated heterocycles. The highest BCUT2D eigenvalue weighted by Gasteiger charge is 2.21. The minimum absolute atomic E-state index is 0.0664. The van der Waals surface area contributed by atoms with Crippen LogP contribution >= 0.6 is 0 Å². The Hall–Kier alpha value is -2.90. The SMILES string of the molecule is CCc1cnc(N2CCC(CCCOc3ccc(NC(=O)OC(C)(C)C)c(F)c3)CC2)nc1. The van der Waals surface area contributed by atoms with Crippen LogP contribution in [0.15, 0.2) is 30.6 Å². The van der Waals surface area contributed by atoms with Crippen LogP contribution < -0.4 is 15.0 Å². The molecule has 0 radical (unpaired) electrons. The molecule has 0 unspecified atom stereocenters. The second-order valence-electron chi connectivity index (χ2n) is 9.43. The number of carbonyl (C=O) groups excluding carboxylic acids is 1. The number of benzene rings is 1. The maximum Gasteiger partial charge on any atom is 0.412 e. The second kappa shape index (κ2) is 11.3. The molecule has 0 aliphatic carbocycles. The smallest absolute Gasteiger partial charge is 0.412 e. The van der Waals surface area contributed by atoms with Crippen molar-refractivity contribution in [2.45, 2.75) is 65.4 Å². The maximum absolute atomic E-state index is 14.3. The van der Waals surface area contributed by atoms with Crippen molar-refractivity contribution in [3.05, 3.63) is 42.0 Å². The fourth-order valence-electron chi connectivity index (χ4n) is 3.78. The lowest BCUT2D eigenvalue weighted by atomic mass is 9.92. The number of hydrogen-bond donors (Lipinski definition) is 1. The van der Waals surface area contributed by atoms with Crippen LogP contribution in [0.5, 0.6) is 5.75 Å². The van der Waals surface area contributed by atoms with Crippen molar-refractivity contribution in [2.75, 3.05) is 29.9 Å². The number of rotatable bonds is 8. The lowest BCUT2D eigenvalue weighted by molar-refractivity contribution is 0.0635. The van der Waals surface area contributed by atoms with Gasteiger partial charge in [-0.1, -0.05) is 6.92 Å². The van der Waals surface area contributed by atoms with Gasteiger partial charge in [-0.2, -0.15) is 0 Å². The molecule has 180 valence electrons. The van der Waals surface area contributed by atoms with Crippen LogP contribution in [0.3, 0.4) is 0 Å². The Bertz CT molecular complexity index is 907. The van der Waals surface area contributed by atoms with Gasteiger partial charge in [0.2, 0.25) is 5.95 Å². The zero-order valence-electron chi connectivity index (χ0n) is 20.1. The number of anilines is 2. The topological polar surface area (TPSA) is 76.6 Å². The van der Waals surface area contributed by atoms with E-state index in [9.17, 15) is 9.18 Å². The maximum atomic E-state index is 14.3. The van der Waals surface area contributed by atoms with Crippen molar-refractivity contribution < 1.29 is 18.7 Å². The molecule has 2 aromatic rings. The quantitative estimate of drug-likeness (QED) is 0.519. The van der Waals surface area contributed by atoms with Crippen molar-refractivity contribution in [1.82, 2.24) is 9.97 Å². The minimum atomic E-state index is -0.689. The number of nitrogens with one attached hydrogen (secondary N) is 1. The highest BCUT2D eigenvalue weighted by molar-refractivity contribution is 5.85. The monoisotopic (exact) mass is 458 g/mol. The molecular formula is C25H35FN4O3. The Labute approximate surface area is 195 Å². The number of nitrogens with zero attached hydrogens (tertiary/aromatic N) is 3. The van der Waals surface area contributed by atoms with E-state index >= 15 is 0 Å². The molecule has 0 atom stereocenters. The van der Waals surface area contributed by atoms with Crippen LogP contribution in [0.2, 0.25) is 0 Å². The standard InChI is InChI=1S/C25H35FN4O3/c1-5-18-16-27-23(28-17-18)30-12-10-19(11-13-30)7-6-14-32-20-8-9-22(21(26)15-20)29-24(31)33-25(2,3)4/h8-9,15-17,19H,5-7,10-14H2,1-4H3,(H,29,31). The molecule has 1 fully saturated rings. The van der Waals surface area contributed by atoms with E-state index in [4.69, 9.17) is 9.47 Å². The molecular weight excluding hydrogens is 423 g/mol. The Morgan fingerprint density at radius 1 is 1.21 bits per heavy atom. The fourth-order valence-corrected chi connectivity index (χ4v) is 3.78. The van der Waals surface area contributed by atoms with Crippen LogP contribution in [0.25, 0.3) is 0 Å². The van der Waals surface area contributed by atoms with Gasteiger partial charge < -0.3 is 14.4 Å². The van der Waals surface area contributed by atoms with Crippen molar-refractivity contribution in [1.29, 1.82) is 0 Å². The first kappa shape index (κ1) is 24.7. The first-order valence-electron chi connectivity index (χ1n) is 11.7. The second-order valence-corrected chi connectivity index (χ2v) is 9.43. The van der Waals surface area contributed by atoms with Crippen LogP contribution in [0.1, 0.15) is 58.9 Å². The average Bonchev–Trinajstić information content (AvgIpc) is 2.78. The number of ether oxygens (including phenoxy) is 2. The van der Waals surface area contributed by atoms with Gasteiger partial charge in [-0.3, -0.25) is 5.32 Å². The lowest BCUT2D eigenvalue weighted by Crippen LogP contribution is -2.35. The third kappa shape index (κ3) is 7.87. The molecule has 33 heavy (non-hydrogen) atoms. The zero-order valence-corrected chi connectivity index (χ0v) is 20.1. The van der Waals surface area contributed by atoms with E-state index in [1.165, 1.54) is 12.1 Å². The van der Waals surface area contributed by atoms with Crippen LogP contribution in [-0.2, 0) is 11.2 Å². The predicted octanol–water partition coefficient (Wildman–Crippen LogP) is 5.60. The van der Waals surface area contributed by atoms with Gasteiger partial charge in [-0.05, 0) is 76.5 Å². The van der Waals surface area contributed by atoms with Crippen molar-refractivity contribution in [2.24, 2.45) is 5.92 Å². The minimum Gasteiger partial charge on any atom is -0.493 e. The summed E-state index contributed by atoms with van der Waals surface area (Å²) in [6.45, 7) is 9.82. The number of amides is 1. The molecule has 0 saturated carbocycles. The predicted molar refractivity (Wildman–Crippen MR) is 127 cm³/mol. The van der Waals surface area contributed by atoms with Crippen molar-refractivity contribution >= 4 is 17.7 Å². The Morgan fingerprint density at radius 2 is 1.91 bits per heavy atom. The van der Waals surface area contributed by atoms with Gasteiger partial charge in [0, 0.05) is 31.5 Å². The first-order valence-corrected chi connectivity index (χ1v) is 11.7. The summed E-state index contributed by atoms with van der Waals surface area (Å²) in [5, 5.41) is 2.42. The van der Waals surface area contributed by atoms with Crippen molar-refractivity contribution in [3.63, 3.8) is 0 Å². The van der Waals surface area contributed by atoms with E-state index in [1.54, 1.807) is 26.8 Å². The summed E-state index contributed by atoms with van der Waals surface area (Å²) in [6, 6.07) is 4.42. The fraction of sp³-hybridized carbons (Fsp3) is 0.560. The van der Waals surface area contributed by atoms with Crippen LogP contribution in [0.4, 0.5) is 20.8 Å². The van der Waals surface area contributed by atoms with E-state index in [1.807, 2.05) is 12.4 Å². The number of carbonyl (C=O) groups is 1. The van der Waals surface area contributed by atoms with E-state index in [0.717, 1.165) is 56.7 Å². The summed E-state index contributed by atoms with van der Waals surface area (Å²) >= 11 is 0. The van der Waals surface area contributed by atoms with Gasteiger partial charge in [-0.25, -0.2) is 19.2 Å². The number of aromatic nitrogens is 2. The van der Waals surface area contributed by atoms with Gasteiger partial charge >= 0.3 is 6.09 Å².